The number of nitrogens with zero attached hydrogens (tertiary/aromatic N) is 4. The van der Waals surface area contributed by atoms with Crippen molar-refractivity contribution in [3.8, 4) is 0 Å². The Morgan fingerprint density at radius 3 is 2.83 bits per heavy atom. The van der Waals surface area contributed by atoms with E-state index in [9.17, 15) is 9.59 Å². The maximum Gasteiger partial charge on any atom is 0.266 e. The largest absolute Gasteiger partial charge is 0.375 e. The fourth-order valence-corrected chi connectivity index (χ4v) is 3.51. The highest BCUT2D eigenvalue weighted by molar-refractivity contribution is 7.16. The third-order valence-electron chi connectivity index (χ3n) is 3.35. The van der Waals surface area contributed by atoms with Crippen LogP contribution in [0.2, 0.25) is 0 Å². The number of aromatic nitrogens is 5. The molecule has 0 bridgehead atoms. The number of rotatable bonds is 4. The summed E-state index contributed by atoms with van der Waals surface area (Å²) in [5, 5.41) is 4.44. The smallest absolute Gasteiger partial charge is 0.266 e. The van der Waals surface area contributed by atoms with Crippen LogP contribution in [0.15, 0.2) is 23.6 Å². The molecule has 3 aromatic rings. The SMILES string of the molecule is CC(C)(C(=O)/C=c1\[nH]c(=O)/c(=C/c2cnc(N)s2)s1)n1cncn1. The van der Waals surface area contributed by atoms with E-state index in [1.807, 2.05) is 0 Å². The monoisotopic (exact) mass is 362 g/mol. The van der Waals surface area contributed by atoms with Crippen molar-refractivity contribution in [1.82, 2.24) is 24.7 Å². The normalized spacial score (nSPS) is 13.6. The van der Waals surface area contributed by atoms with Crippen LogP contribution in [0, 0.1) is 0 Å². The highest BCUT2D eigenvalue weighted by Crippen LogP contribution is 2.15. The van der Waals surface area contributed by atoms with E-state index in [0.717, 1.165) is 4.88 Å². The standard InChI is InChI=1S/C14H14N6O2S2/c1-14(2,20-7-16-6-18-20)10(21)4-11-19-12(22)9(24-11)3-8-5-17-13(15)23-8/h3-7H,1-2H3,(H2,15,17)(H,19,22)/b9-3-,11-4+. The zero-order valence-electron chi connectivity index (χ0n) is 12.9. The van der Waals surface area contributed by atoms with Gasteiger partial charge < -0.3 is 10.7 Å². The van der Waals surface area contributed by atoms with Gasteiger partial charge in [0.05, 0.1) is 14.1 Å². The number of nitrogens with one attached hydrogen (secondary N) is 1. The first-order valence-corrected chi connectivity index (χ1v) is 8.53. The van der Waals surface area contributed by atoms with Gasteiger partial charge in [-0.2, -0.15) is 5.10 Å². The average Bonchev–Trinajstić information content (AvgIpc) is 3.23. The summed E-state index contributed by atoms with van der Waals surface area (Å²) in [6.45, 7) is 3.47. The number of H-pyrrole nitrogens is 1. The van der Waals surface area contributed by atoms with E-state index < -0.39 is 5.54 Å². The molecule has 0 saturated carbocycles. The first-order valence-electron chi connectivity index (χ1n) is 6.90. The van der Waals surface area contributed by atoms with Crippen LogP contribution < -0.4 is 20.5 Å². The Balaban J connectivity index is 1.97. The summed E-state index contributed by atoms with van der Waals surface area (Å²) in [4.78, 5) is 35.8. The number of Topliss-reactive ketones (excluding diaryl/α,β-unsaturated/α-hetero) is 1. The van der Waals surface area contributed by atoms with Crippen LogP contribution in [0.25, 0.3) is 12.2 Å². The summed E-state index contributed by atoms with van der Waals surface area (Å²) in [6, 6.07) is 0. The second kappa shape index (κ2) is 6.13. The first kappa shape index (κ1) is 16.3. The molecule has 3 rings (SSSR count). The van der Waals surface area contributed by atoms with Gasteiger partial charge in [0.25, 0.3) is 5.56 Å². The molecule has 8 nitrogen and oxygen atoms in total. The van der Waals surface area contributed by atoms with Gasteiger partial charge in [0, 0.05) is 12.3 Å². The van der Waals surface area contributed by atoms with Crippen molar-refractivity contribution in [2.45, 2.75) is 19.4 Å². The van der Waals surface area contributed by atoms with Gasteiger partial charge in [-0.25, -0.2) is 14.6 Å². The third-order valence-corrected chi connectivity index (χ3v) is 5.09. The summed E-state index contributed by atoms with van der Waals surface area (Å²) in [5.41, 5.74) is 4.42. The van der Waals surface area contributed by atoms with Crippen LogP contribution in [-0.2, 0) is 10.3 Å². The van der Waals surface area contributed by atoms with Crippen molar-refractivity contribution in [2.24, 2.45) is 0 Å². The molecule has 0 amide bonds. The lowest BCUT2D eigenvalue weighted by atomic mass is 10.00. The van der Waals surface area contributed by atoms with E-state index in [2.05, 4.69) is 20.1 Å². The molecule has 0 saturated heterocycles. The lowest BCUT2D eigenvalue weighted by Crippen LogP contribution is -2.36. The van der Waals surface area contributed by atoms with E-state index in [1.165, 1.54) is 46.1 Å². The minimum absolute atomic E-state index is 0.195. The second-order valence-electron chi connectivity index (χ2n) is 5.44. The maximum atomic E-state index is 12.5. The zero-order valence-corrected chi connectivity index (χ0v) is 14.5. The fraction of sp³-hybridized carbons (Fsp3) is 0.214. The van der Waals surface area contributed by atoms with E-state index in [0.29, 0.717) is 14.3 Å². The molecule has 3 heterocycles. The van der Waals surface area contributed by atoms with Gasteiger partial charge in [0.15, 0.2) is 10.9 Å². The Labute approximate surface area is 144 Å². The summed E-state index contributed by atoms with van der Waals surface area (Å²) >= 11 is 2.48. The average molecular weight is 362 g/mol. The number of hydrogen-bond acceptors (Lipinski definition) is 8. The zero-order chi connectivity index (χ0) is 17.3. The highest BCUT2D eigenvalue weighted by atomic mass is 32.1. The van der Waals surface area contributed by atoms with Crippen molar-refractivity contribution in [3.63, 3.8) is 0 Å². The Hall–Kier alpha value is -2.59. The Morgan fingerprint density at radius 1 is 1.42 bits per heavy atom. The van der Waals surface area contributed by atoms with Crippen molar-refractivity contribution in [3.05, 3.63) is 43.3 Å². The van der Waals surface area contributed by atoms with Gasteiger partial charge >= 0.3 is 0 Å². The molecule has 0 unspecified atom stereocenters. The molecule has 10 heteroatoms. The van der Waals surface area contributed by atoms with Crippen LogP contribution in [0.1, 0.15) is 18.7 Å². The summed E-state index contributed by atoms with van der Waals surface area (Å²) in [6.07, 6.45) is 7.56. The van der Waals surface area contributed by atoms with Crippen LogP contribution in [-0.4, -0.2) is 30.5 Å². The molecule has 0 aliphatic heterocycles. The third kappa shape index (κ3) is 3.19. The van der Waals surface area contributed by atoms with E-state index >= 15 is 0 Å². The van der Waals surface area contributed by atoms with Crippen molar-refractivity contribution >= 4 is 45.7 Å². The van der Waals surface area contributed by atoms with Gasteiger partial charge in [-0.3, -0.25) is 9.59 Å². The molecule has 0 aliphatic rings. The van der Waals surface area contributed by atoms with Crippen LogP contribution in [0.3, 0.4) is 0 Å². The number of nitrogen functional groups attached to an aromatic ring is 1. The number of carbonyl (C=O) groups is 1. The van der Waals surface area contributed by atoms with Gasteiger partial charge in [-0.15, -0.1) is 11.3 Å². The van der Waals surface area contributed by atoms with Crippen molar-refractivity contribution in [2.75, 3.05) is 5.73 Å². The second-order valence-corrected chi connectivity index (χ2v) is 7.62. The number of anilines is 1. The first-order chi connectivity index (χ1) is 11.4. The Morgan fingerprint density at radius 2 is 2.21 bits per heavy atom. The van der Waals surface area contributed by atoms with E-state index in [-0.39, 0.29) is 11.3 Å². The minimum atomic E-state index is -0.895. The lowest BCUT2D eigenvalue weighted by molar-refractivity contribution is -0.120. The number of thiazole rings is 2. The van der Waals surface area contributed by atoms with Gasteiger partial charge in [-0.05, 0) is 19.9 Å². The number of aromatic amines is 1. The molecule has 0 aliphatic carbocycles. The molecule has 124 valence electrons. The molecule has 0 atom stereocenters. The van der Waals surface area contributed by atoms with Crippen LogP contribution >= 0.6 is 22.7 Å². The van der Waals surface area contributed by atoms with Gasteiger partial charge in [-0.1, -0.05) is 11.3 Å². The minimum Gasteiger partial charge on any atom is -0.375 e. The quantitative estimate of drug-likeness (QED) is 0.656. The highest BCUT2D eigenvalue weighted by Gasteiger charge is 2.28. The molecule has 24 heavy (non-hydrogen) atoms. The molecular formula is C14H14N6O2S2. The lowest BCUT2D eigenvalue weighted by Gasteiger charge is -2.20. The molecule has 0 radical (unpaired) electrons. The van der Waals surface area contributed by atoms with Crippen molar-refractivity contribution < 1.29 is 4.79 Å². The molecule has 0 fully saturated rings. The summed E-state index contributed by atoms with van der Waals surface area (Å²) in [5.74, 6) is -0.195. The number of nitrogens with two attached hydrogens (primary N) is 1. The summed E-state index contributed by atoms with van der Waals surface area (Å²) < 4.78 is 2.43. The maximum absolute atomic E-state index is 12.5. The molecule has 3 N–H and O–H groups in total. The fourth-order valence-electron chi connectivity index (χ4n) is 1.93. The van der Waals surface area contributed by atoms with Crippen LogP contribution in [0.4, 0.5) is 5.13 Å². The predicted octanol–water partition coefficient (Wildman–Crippen LogP) is -0.320. The van der Waals surface area contributed by atoms with Crippen LogP contribution in [0.5, 0.6) is 0 Å². The topological polar surface area (TPSA) is 120 Å². The van der Waals surface area contributed by atoms with Crippen molar-refractivity contribution in [1.29, 1.82) is 0 Å². The Bertz CT molecular complexity index is 1040. The number of hydrogen-bond donors (Lipinski definition) is 2. The number of carbonyl (C=O) groups excluding carboxylic acids is 1. The molecule has 0 aromatic carbocycles. The van der Waals surface area contributed by atoms with E-state index in [1.54, 1.807) is 26.1 Å². The predicted molar refractivity (Wildman–Crippen MR) is 93.1 cm³/mol. The van der Waals surface area contributed by atoms with Gasteiger partial charge in [0.1, 0.15) is 18.2 Å². The Kier molecular flexibility index (Phi) is 4.16. The van der Waals surface area contributed by atoms with E-state index in [4.69, 9.17) is 5.73 Å². The number of ketones is 1. The molecule has 3 aromatic heterocycles. The summed E-state index contributed by atoms with van der Waals surface area (Å²) in [7, 11) is 0. The molecular weight excluding hydrogens is 348 g/mol. The molecule has 0 spiro atoms. The van der Waals surface area contributed by atoms with Gasteiger partial charge in [0.2, 0.25) is 0 Å².